The highest BCUT2D eigenvalue weighted by Gasteiger charge is 2.22. The van der Waals surface area contributed by atoms with E-state index in [4.69, 9.17) is 4.74 Å². The van der Waals surface area contributed by atoms with Crippen molar-refractivity contribution >= 4 is 17.3 Å². The fourth-order valence-corrected chi connectivity index (χ4v) is 3.80. The summed E-state index contributed by atoms with van der Waals surface area (Å²) in [6, 6.07) is 4.79. The quantitative estimate of drug-likeness (QED) is 0.695. The molecule has 144 valence electrons. The van der Waals surface area contributed by atoms with Gasteiger partial charge >= 0.3 is 0 Å². The SMILES string of the molecule is CC(CC(=O)Nc1ccc(NCC2CCCO2)c(F)c1)C1CCCNC1. The van der Waals surface area contributed by atoms with E-state index in [2.05, 4.69) is 22.9 Å². The van der Waals surface area contributed by atoms with Crippen LogP contribution in [0.5, 0.6) is 0 Å². The fraction of sp³-hybridized carbons (Fsp3) is 0.650. The van der Waals surface area contributed by atoms with Crippen molar-refractivity contribution in [2.45, 2.75) is 45.1 Å². The van der Waals surface area contributed by atoms with Gasteiger partial charge in [0.05, 0.1) is 11.8 Å². The number of carbonyl (C=O) groups excluding carboxylic acids is 1. The molecule has 26 heavy (non-hydrogen) atoms. The molecule has 5 nitrogen and oxygen atoms in total. The number of hydrogen-bond donors (Lipinski definition) is 3. The van der Waals surface area contributed by atoms with Gasteiger partial charge in [-0.25, -0.2) is 4.39 Å². The molecule has 0 saturated carbocycles. The van der Waals surface area contributed by atoms with Crippen LogP contribution in [0.3, 0.4) is 0 Å². The second-order valence-corrected chi connectivity index (χ2v) is 7.55. The molecule has 0 aromatic heterocycles. The van der Waals surface area contributed by atoms with Gasteiger partial charge < -0.3 is 20.7 Å². The second-order valence-electron chi connectivity index (χ2n) is 7.55. The van der Waals surface area contributed by atoms with Crippen molar-refractivity contribution in [2.75, 3.05) is 36.9 Å². The molecular formula is C20H30FN3O2. The zero-order valence-electron chi connectivity index (χ0n) is 15.5. The number of ether oxygens (including phenoxy) is 1. The predicted molar refractivity (Wildman–Crippen MR) is 102 cm³/mol. The Hall–Kier alpha value is -1.66. The van der Waals surface area contributed by atoms with E-state index in [0.717, 1.165) is 32.5 Å². The molecule has 0 aliphatic carbocycles. The molecule has 3 rings (SSSR count). The summed E-state index contributed by atoms with van der Waals surface area (Å²) in [4.78, 5) is 12.3. The highest BCUT2D eigenvalue weighted by Crippen LogP contribution is 2.24. The lowest BCUT2D eigenvalue weighted by Crippen LogP contribution is -2.34. The van der Waals surface area contributed by atoms with E-state index in [-0.39, 0.29) is 17.8 Å². The van der Waals surface area contributed by atoms with Crippen LogP contribution < -0.4 is 16.0 Å². The van der Waals surface area contributed by atoms with Crippen molar-refractivity contribution in [1.29, 1.82) is 0 Å². The number of hydrogen-bond acceptors (Lipinski definition) is 4. The minimum atomic E-state index is -0.356. The van der Waals surface area contributed by atoms with Crippen molar-refractivity contribution in [2.24, 2.45) is 11.8 Å². The zero-order valence-corrected chi connectivity index (χ0v) is 15.5. The number of carbonyl (C=O) groups is 1. The van der Waals surface area contributed by atoms with Gasteiger partial charge in [0.2, 0.25) is 5.91 Å². The lowest BCUT2D eigenvalue weighted by Gasteiger charge is -2.28. The van der Waals surface area contributed by atoms with Crippen LogP contribution in [0.2, 0.25) is 0 Å². The standard InChI is InChI=1S/C20H30FN3O2/c1-14(15-4-2-8-22-12-15)10-20(25)24-16-6-7-19(18(21)11-16)23-13-17-5-3-9-26-17/h6-7,11,14-15,17,22-23H,2-5,8-10,12-13H2,1H3,(H,24,25). The van der Waals surface area contributed by atoms with Crippen LogP contribution in [-0.4, -0.2) is 38.3 Å². The van der Waals surface area contributed by atoms with Gasteiger partial charge in [0.25, 0.3) is 0 Å². The molecule has 2 fully saturated rings. The Morgan fingerprint density at radius 1 is 1.38 bits per heavy atom. The average molecular weight is 363 g/mol. The van der Waals surface area contributed by atoms with Gasteiger partial charge in [0.1, 0.15) is 5.82 Å². The maximum Gasteiger partial charge on any atom is 0.224 e. The number of halogens is 1. The van der Waals surface area contributed by atoms with Gasteiger partial charge in [-0.15, -0.1) is 0 Å². The molecule has 1 aromatic carbocycles. The molecule has 2 aliphatic heterocycles. The molecule has 1 amide bonds. The molecule has 3 unspecified atom stereocenters. The number of nitrogens with one attached hydrogen (secondary N) is 3. The van der Waals surface area contributed by atoms with Crippen LogP contribution in [0.25, 0.3) is 0 Å². The van der Waals surface area contributed by atoms with E-state index in [9.17, 15) is 9.18 Å². The maximum atomic E-state index is 14.3. The van der Waals surface area contributed by atoms with Crippen molar-refractivity contribution in [3.63, 3.8) is 0 Å². The molecule has 2 saturated heterocycles. The van der Waals surface area contributed by atoms with Crippen molar-refractivity contribution in [3.8, 4) is 0 Å². The van der Waals surface area contributed by atoms with E-state index in [1.807, 2.05) is 0 Å². The summed E-state index contributed by atoms with van der Waals surface area (Å²) in [6.07, 6.45) is 5.03. The Morgan fingerprint density at radius 3 is 2.96 bits per heavy atom. The normalized spacial score (nSPS) is 24.2. The van der Waals surface area contributed by atoms with Crippen LogP contribution in [0.4, 0.5) is 15.8 Å². The molecule has 3 atom stereocenters. The largest absolute Gasteiger partial charge is 0.380 e. The second kappa shape index (κ2) is 9.33. The Kier molecular flexibility index (Phi) is 6.86. The number of rotatable bonds is 7. The summed E-state index contributed by atoms with van der Waals surface area (Å²) in [7, 11) is 0. The smallest absolute Gasteiger partial charge is 0.224 e. The van der Waals surface area contributed by atoms with Gasteiger partial charge in [-0.2, -0.15) is 0 Å². The minimum absolute atomic E-state index is 0.0532. The third kappa shape index (κ3) is 5.42. The Bertz CT molecular complexity index is 599. The van der Waals surface area contributed by atoms with Crippen molar-refractivity contribution < 1.29 is 13.9 Å². The molecular weight excluding hydrogens is 333 g/mol. The molecule has 1 aromatic rings. The molecule has 0 spiro atoms. The summed E-state index contributed by atoms with van der Waals surface area (Å²) in [5.74, 6) is 0.448. The van der Waals surface area contributed by atoms with Gasteiger partial charge in [-0.3, -0.25) is 4.79 Å². The maximum absolute atomic E-state index is 14.3. The van der Waals surface area contributed by atoms with Crippen LogP contribution in [0.15, 0.2) is 18.2 Å². The number of piperidine rings is 1. The molecule has 0 bridgehead atoms. The fourth-order valence-electron chi connectivity index (χ4n) is 3.80. The Morgan fingerprint density at radius 2 is 2.27 bits per heavy atom. The lowest BCUT2D eigenvalue weighted by atomic mass is 9.85. The van der Waals surface area contributed by atoms with E-state index < -0.39 is 0 Å². The number of amides is 1. The molecule has 6 heteroatoms. The summed E-state index contributed by atoms with van der Waals surface area (Å²) >= 11 is 0. The van der Waals surface area contributed by atoms with E-state index in [1.165, 1.54) is 18.9 Å². The monoisotopic (exact) mass is 363 g/mol. The third-order valence-corrected chi connectivity index (χ3v) is 5.44. The third-order valence-electron chi connectivity index (χ3n) is 5.44. The molecule has 2 heterocycles. The predicted octanol–water partition coefficient (Wildman–Crippen LogP) is 3.38. The van der Waals surface area contributed by atoms with Crippen LogP contribution in [-0.2, 0) is 9.53 Å². The van der Waals surface area contributed by atoms with Crippen LogP contribution in [0.1, 0.15) is 39.0 Å². The van der Waals surface area contributed by atoms with E-state index >= 15 is 0 Å². The van der Waals surface area contributed by atoms with Crippen molar-refractivity contribution in [3.05, 3.63) is 24.0 Å². The summed E-state index contributed by atoms with van der Waals surface area (Å²) < 4.78 is 19.8. The van der Waals surface area contributed by atoms with Gasteiger partial charge in [-0.1, -0.05) is 6.92 Å². The number of anilines is 2. The lowest BCUT2D eigenvalue weighted by molar-refractivity contribution is -0.117. The van der Waals surface area contributed by atoms with Crippen molar-refractivity contribution in [1.82, 2.24) is 5.32 Å². The molecule has 3 N–H and O–H groups in total. The summed E-state index contributed by atoms with van der Waals surface area (Å²) in [6.45, 7) is 5.57. The minimum Gasteiger partial charge on any atom is -0.380 e. The van der Waals surface area contributed by atoms with Crippen LogP contribution >= 0.6 is 0 Å². The van der Waals surface area contributed by atoms with Crippen LogP contribution in [0, 0.1) is 17.7 Å². The average Bonchev–Trinajstić information content (AvgIpc) is 3.15. The van der Waals surface area contributed by atoms with E-state index in [0.29, 0.717) is 36.2 Å². The molecule has 0 radical (unpaired) electrons. The Labute approximate surface area is 155 Å². The highest BCUT2D eigenvalue weighted by atomic mass is 19.1. The summed E-state index contributed by atoms with van der Waals surface area (Å²) in [5, 5.41) is 9.30. The first kappa shape index (κ1) is 19.1. The first-order valence-electron chi connectivity index (χ1n) is 9.77. The Balaban J connectivity index is 1.47. The van der Waals surface area contributed by atoms with Gasteiger partial charge in [-0.05, 0) is 68.8 Å². The first-order valence-corrected chi connectivity index (χ1v) is 9.77. The summed E-state index contributed by atoms with van der Waals surface area (Å²) in [5.41, 5.74) is 0.948. The molecule has 2 aliphatic rings. The zero-order chi connectivity index (χ0) is 18.4. The first-order chi connectivity index (χ1) is 12.6. The topological polar surface area (TPSA) is 62.4 Å². The highest BCUT2D eigenvalue weighted by molar-refractivity contribution is 5.91. The van der Waals surface area contributed by atoms with Gasteiger partial charge in [0.15, 0.2) is 0 Å². The van der Waals surface area contributed by atoms with Gasteiger partial charge in [0, 0.05) is 25.3 Å². The number of benzene rings is 1. The van der Waals surface area contributed by atoms with E-state index in [1.54, 1.807) is 12.1 Å².